The second kappa shape index (κ2) is 3.66. The molecule has 0 aliphatic carbocycles. The summed E-state index contributed by atoms with van der Waals surface area (Å²) in [5.74, 6) is 0. The maximum Gasteiger partial charge on any atom is 0.282 e. The fourth-order valence-electron chi connectivity index (χ4n) is 0.778. The molecule has 0 aliphatic rings. The van der Waals surface area contributed by atoms with E-state index in [0.717, 1.165) is 12.1 Å². The Hall–Kier alpha value is -0.950. The predicted octanol–water partition coefficient (Wildman–Crippen LogP) is 1.53. The predicted molar refractivity (Wildman–Crippen MR) is 46.6 cm³/mol. The van der Waals surface area contributed by atoms with Crippen molar-refractivity contribution >= 4 is 25.4 Å². The van der Waals surface area contributed by atoms with Crippen LogP contribution in [0.1, 0.15) is 12.1 Å². The average molecular weight is 243 g/mol. The number of alkyl halides is 2. The molecule has 0 aromatic carbocycles. The van der Waals surface area contributed by atoms with Crippen molar-refractivity contribution in [1.82, 2.24) is 4.98 Å². The van der Waals surface area contributed by atoms with Crippen LogP contribution >= 0.6 is 10.7 Å². The van der Waals surface area contributed by atoms with Gasteiger partial charge in [-0.05, 0) is 12.1 Å². The maximum absolute atomic E-state index is 12.2. The monoisotopic (exact) mass is 242 g/mol. The SMILES string of the molecule is Nc1ccc(S(=O)(=O)Cl)nc1C(F)F. The van der Waals surface area contributed by atoms with Crippen LogP contribution in [0.25, 0.3) is 0 Å². The van der Waals surface area contributed by atoms with Gasteiger partial charge in [-0.3, -0.25) is 0 Å². The third-order valence-electron chi connectivity index (χ3n) is 1.39. The molecule has 0 bridgehead atoms. The lowest BCUT2D eigenvalue weighted by molar-refractivity contribution is 0.146. The molecule has 8 heteroatoms. The number of halogens is 3. The zero-order chi connectivity index (χ0) is 10.9. The molecular formula is C6H5ClF2N2O2S. The van der Waals surface area contributed by atoms with Crippen LogP contribution in [0.3, 0.4) is 0 Å². The zero-order valence-electron chi connectivity index (χ0n) is 6.62. The van der Waals surface area contributed by atoms with Crippen LogP contribution in [0.4, 0.5) is 14.5 Å². The Bertz CT molecular complexity index is 449. The minimum Gasteiger partial charge on any atom is -0.397 e. The van der Waals surface area contributed by atoms with Crippen molar-refractivity contribution in [2.75, 3.05) is 5.73 Å². The lowest BCUT2D eigenvalue weighted by atomic mass is 10.3. The van der Waals surface area contributed by atoms with Crippen LogP contribution in [0.15, 0.2) is 17.2 Å². The van der Waals surface area contributed by atoms with Crippen LogP contribution in [0.5, 0.6) is 0 Å². The van der Waals surface area contributed by atoms with Gasteiger partial charge < -0.3 is 5.73 Å². The van der Waals surface area contributed by atoms with Crippen LogP contribution in [0.2, 0.25) is 0 Å². The third-order valence-corrected chi connectivity index (χ3v) is 2.59. The first kappa shape index (κ1) is 11.1. The summed E-state index contributed by atoms with van der Waals surface area (Å²) in [5, 5.41) is -0.635. The van der Waals surface area contributed by atoms with Gasteiger partial charge in [-0.15, -0.1) is 0 Å². The highest BCUT2D eigenvalue weighted by Gasteiger charge is 2.18. The molecule has 0 atom stereocenters. The summed E-state index contributed by atoms with van der Waals surface area (Å²) in [5.41, 5.74) is 4.09. The van der Waals surface area contributed by atoms with Crippen molar-refractivity contribution in [1.29, 1.82) is 0 Å². The van der Waals surface area contributed by atoms with Gasteiger partial charge >= 0.3 is 0 Å². The number of anilines is 1. The molecule has 0 fully saturated rings. The topological polar surface area (TPSA) is 73.1 Å². The van der Waals surface area contributed by atoms with E-state index in [1.165, 1.54) is 0 Å². The Kier molecular flexibility index (Phi) is 2.91. The number of hydrogen-bond donors (Lipinski definition) is 1. The Morgan fingerprint density at radius 1 is 1.43 bits per heavy atom. The number of aromatic nitrogens is 1. The first-order chi connectivity index (χ1) is 6.32. The Morgan fingerprint density at radius 2 is 2.00 bits per heavy atom. The third kappa shape index (κ3) is 2.30. The second-order valence-corrected chi connectivity index (χ2v) is 4.88. The van der Waals surface area contributed by atoms with Gasteiger partial charge in [0.25, 0.3) is 15.5 Å². The fraction of sp³-hybridized carbons (Fsp3) is 0.167. The van der Waals surface area contributed by atoms with Crippen molar-refractivity contribution in [2.45, 2.75) is 11.5 Å². The highest BCUT2D eigenvalue weighted by Crippen LogP contribution is 2.25. The van der Waals surface area contributed by atoms with Crippen molar-refractivity contribution in [3.63, 3.8) is 0 Å². The van der Waals surface area contributed by atoms with E-state index in [2.05, 4.69) is 4.98 Å². The van der Waals surface area contributed by atoms with E-state index in [0.29, 0.717) is 0 Å². The standard InChI is InChI=1S/C6H5ClF2N2O2S/c7-14(12,13)4-2-1-3(10)5(11-4)6(8)9/h1-2,6H,10H2. The first-order valence-corrected chi connectivity index (χ1v) is 5.62. The van der Waals surface area contributed by atoms with E-state index >= 15 is 0 Å². The number of nitrogens with two attached hydrogens (primary N) is 1. The van der Waals surface area contributed by atoms with Gasteiger partial charge in [0.1, 0.15) is 5.69 Å². The zero-order valence-corrected chi connectivity index (χ0v) is 8.19. The molecule has 0 saturated carbocycles. The van der Waals surface area contributed by atoms with Gasteiger partial charge in [0.2, 0.25) is 0 Å². The highest BCUT2D eigenvalue weighted by atomic mass is 35.7. The average Bonchev–Trinajstić information content (AvgIpc) is 2.02. The lowest BCUT2D eigenvalue weighted by Gasteiger charge is -2.04. The molecule has 14 heavy (non-hydrogen) atoms. The van der Waals surface area contributed by atoms with Crippen LogP contribution < -0.4 is 5.73 Å². The minimum absolute atomic E-state index is 0.274. The summed E-state index contributed by atoms with van der Waals surface area (Å²) in [6.45, 7) is 0. The lowest BCUT2D eigenvalue weighted by Crippen LogP contribution is -2.03. The number of nitrogens with zero attached hydrogens (tertiary/aromatic N) is 1. The molecule has 0 unspecified atom stereocenters. The summed E-state index contributed by atoms with van der Waals surface area (Å²) >= 11 is 0. The molecule has 0 radical (unpaired) electrons. The Morgan fingerprint density at radius 3 is 2.43 bits per heavy atom. The maximum atomic E-state index is 12.2. The van der Waals surface area contributed by atoms with Crippen LogP contribution in [-0.2, 0) is 9.05 Å². The molecule has 0 spiro atoms. The number of hydrogen-bond acceptors (Lipinski definition) is 4. The van der Waals surface area contributed by atoms with Gasteiger partial charge in [0, 0.05) is 10.7 Å². The van der Waals surface area contributed by atoms with E-state index < -0.39 is 26.2 Å². The van der Waals surface area contributed by atoms with Crippen molar-refractivity contribution in [2.24, 2.45) is 0 Å². The van der Waals surface area contributed by atoms with Gasteiger partial charge in [-0.1, -0.05) is 0 Å². The van der Waals surface area contributed by atoms with E-state index in [9.17, 15) is 17.2 Å². The smallest absolute Gasteiger partial charge is 0.282 e. The van der Waals surface area contributed by atoms with E-state index in [1.807, 2.05) is 0 Å². The molecule has 1 aromatic rings. The molecule has 1 rings (SSSR count). The van der Waals surface area contributed by atoms with Gasteiger partial charge in [0.15, 0.2) is 5.03 Å². The molecular weight excluding hydrogens is 238 g/mol. The first-order valence-electron chi connectivity index (χ1n) is 3.31. The van der Waals surface area contributed by atoms with Crippen molar-refractivity contribution in [3.05, 3.63) is 17.8 Å². The highest BCUT2D eigenvalue weighted by molar-refractivity contribution is 8.13. The Balaban J connectivity index is 3.34. The number of nitrogen functional groups attached to an aromatic ring is 1. The summed E-state index contributed by atoms with van der Waals surface area (Å²) in [6.07, 6.45) is -2.94. The molecule has 78 valence electrons. The van der Waals surface area contributed by atoms with Crippen molar-refractivity contribution in [3.8, 4) is 0 Å². The van der Waals surface area contributed by atoms with E-state index in [1.54, 1.807) is 0 Å². The van der Waals surface area contributed by atoms with Crippen LogP contribution in [0, 0.1) is 0 Å². The molecule has 1 heterocycles. The van der Waals surface area contributed by atoms with E-state index in [4.69, 9.17) is 16.4 Å². The summed E-state index contributed by atoms with van der Waals surface area (Å²) in [4.78, 5) is 3.15. The summed E-state index contributed by atoms with van der Waals surface area (Å²) < 4.78 is 45.9. The van der Waals surface area contributed by atoms with Crippen LogP contribution in [-0.4, -0.2) is 13.4 Å². The molecule has 0 saturated heterocycles. The molecule has 0 aliphatic heterocycles. The van der Waals surface area contributed by atoms with Gasteiger partial charge in [0.05, 0.1) is 5.69 Å². The normalized spacial score (nSPS) is 12.0. The second-order valence-electron chi connectivity index (χ2n) is 2.36. The number of rotatable bonds is 2. The molecule has 4 nitrogen and oxygen atoms in total. The Labute approximate surface area is 83.1 Å². The van der Waals surface area contributed by atoms with Crippen molar-refractivity contribution < 1.29 is 17.2 Å². The van der Waals surface area contributed by atoms with Gasteiger partial charge in [-0.2, -0.15) is 0 Å². The number of pyridine rings is 1. The fourth-order valence-corrected chi connectivity index (χ4v) is 1.47. The molecule has 2 N–H and O–H groups in total. The quantitative estimate of drug-likeness (QED) is 0.798. The molecule has 0 amide bonds. The molecule has 1 aromatic heterocycles. The minimum atomic E-state index is -4.10. The van der Waals surface area contributed by atoms with Gasteiger partial charge in [-0.25, -0.2) is 22.2 Å². The van der Waals surface area contributed by atoms with E-state index in [-0.39, 0.29) is 5.69 Å². The summed E-state index contributed by atoms with van der Waals surface area (Å²) in [7, 11) is 0.808. The largest absolute Gasteiger partial charge is 0.397 e. The summed E-state index contributed by atoms with van der Waals surface area (Å²) in [6, 6.07) is 1.98.